The monoisotopic (exact) mass is 732 g/mol. The van der Waals surface area contributed by atoms with Gasteiger partial charge in [0.25, 0.3) is 0 Å². The summed E-state index contributed by atoms with van der Waals surface area (Å²) in [5.41, 5.74) is 4.62. The second-order valence-electron chi connectivity index (χ2n) is 5.95. The van der Waals surface area contributed by atoms with Crippen LogP contribution in [0.3, 0.4) is 0 Å². The van der Waals surface area contributed by atoms with Crippen molar-refractivity contribution in [2.45, 2.75) is 12.8 Å². The number of hydrogen-bond acceptors (Lipinski definition) is 3. The molecule has 0 aliphatic heterocycles. The Balaban J connectivity index is -0.0000000929. The predicted octanol–water partition coefficient (Wildman–Crippen LogP) is 3.83. The van der Waals surface area contributed by atoms with Crippen molar-refractivity contribution in [1.29, 1.82) is 0 Å². The fraction of sp³-hybridized carbons (Fsp3) is 0.152. The van der Waals surface area contributed by atoms with Crippen LogP contribution >= 0.6 is 0 Å². The molecule has 2 rings (SSSR count). The van der Waals surface area contributed by atoms with Gasteiger partial charge in [-0.15, -0.1) is 0 Å². The molecule has 0 amide bonds. The van der Waals surface area contributed by atoms with E-state index in [-0.39, 0.29) is 0 Å². The van der Waals surface area contributed by atoms with Gasteiger partial charge in [0.1, 0.15) is 0 Å². The first kappa shape index (κ1) is 66.3. The molecule has 48 heavy (non-hydrogen) atoms. The van der Waals surface area contributed by atoms with Crippen LogP contribution in [0.2, 0.25) is 0 Å². The Morgan fingerprint density at radius 2 is 0.812 bits per heavy atom. The first-order chi connectivity index (χ1) is 23.6. The van der Waals surface area contributed by atoms with Crippen LogP contribution in [-0.4, -0.2) is 30.5 Å². The van der Waals surface area contributed by atoms with Crippen molar-refractivity contribution < 1.29 is 92.4 Å². The number of methoxy groups -OCH3 is 3. The van der Waals surface area contributed by atoms with Crippen molar-refractivity contribution in [3.63, 3.8) is 0 Å². The van der Waals surface area contributed by atoms with E-state index in [4.69, 9.17) is 60.7 Å². The zero-order chi connectivity index (χ0) is 40.4. The van der Waals surface area contributed by atoms with E-state index in [0.29, 0.717) is 0 Å². The average molecular weight is 733 g/mol. The first-order valence-electron chi connectivity index (χ1n) is 10.9. The molecule has 0 unspecified atom stereocenters. The van der Waals surface area contributed by atoms with Crippen LogP contribution in [0, 0.1) is 66.5 Å². The first-order valence-corrected chi connectivity index (χ1v) is 12.1. The minimum absolute atomic E-state index is 0.742. The summed E-state index contributed by atoms with van der Waals surface area (Å²) in [7, 11) is 5.01. The maximum atomic E-state index is 7.50. The van der Waals surface area contributed by atoms with E-state index in [9.17, 15) is 0 Å². The molecule has 0 fully saturated rings. The number of ether oxygens (including phenoxy) is 3. The molecule has 2 aromatic rings. The minimum atomic E-state index is 0.742. The van der Waals surface area contributed by atoms with Crippen LogP contribution in [0.1, 0.15) is 11.1 Å². The average Bonchev–Trinajstić information content (AvgIpc) is 3.22. The molecule has 0 radical (unpaired) electrons. The molecular weight excluding hydrogens is 708 g/mol. The van der Waals surface area contributed by atoms with Gasteiger partial charge in [0.2, 0.25) is 0 Å². The molecule has 0 aliphatic carbocycles. The normalized spacial score (nSPS) is 6.98. The van der Waals surface area contributed by atoms with E-state index >= 15 is 0 Å². The van der Waals surface area contributed by atoms with E-state index in [1.165, 1.54) is 11.1 Å². The maximum absolute atomic E-state index is 7.50. The van der Waals surface area contributed by atoms with Crippen LogP contribution in [-0.2, 0) is 101 Å². The molecule has 0 atom stereocenters. The summed E-state index contributed by atoms with van der Waals surface area (Å²) in [5, 5.41) is 0. The van der Waals surface area contributed by atoms with Gasteiger partial charge in [-0.2, -0.15) is 0 Å². The molecule has 2 aromatic carbocycles. The van der Waals surface area contributed by atoms with E-state index in [1.54, 1.807) is 21.3 Å². The van der Waals surface area contributed by atoms with Crippen molar-refractivity contribution in [1.82, 2.24) is 0 Å². The van der Waals surface area contributed by atoms with Crippen molar-refractivity contribution >= 4 is 9.13 Å². The molecule has 0 saturated heterocycles. The SMILES string of the molecule is CO[C](=[Cr])/C=C/Cc1cc(-c2ccccc2)cc(C/C=C/[C](=[Cr])OC)c1OC.[C-]#[O+].[C-]#[O+].[C-]#[O+].[C-]#[O+].[C-]#[O+].[C-]#[O+].[C-]#[O+].[C-]#[O+].[C-]#[O+].[C-]#[O+]. The Morgan fingerprint density at radius 1 is 0.521 bits per heavy atom. The Hall–Kier alpha value is -4.16. The fourth-order valence-corrected chi connectivity index (χ4v) is 3.12. The summed E-state index contributed by atoms with van der Waals surface area (Å²) in [4.78, 5) is 0. The third-order valence-electron chi connectivity index (χ3n) is 4.14. The molecule has 0 aliphatic rings. The van der Waals surface area contributed by atoms with Gasteiger partial charge in [0.15, 0.2) is 0 Å². The van der Waals surface area contributed by atoms with Crippen LogP contribution in [0.25, 0.3) is 11.1 Å². The molecule has 0 aromatic heterocycles. The fourth-order valence-electron chi connectivity index (χ4n) is 2.82. The quantitative estimate of drug-likeness (QED) is 0.262. The topological polar surface area (TPSA) is 227 Å². The third kappa shape index (κ3) is 39.9. The molecule has 0 spiro atoms. The van der Waals surface area contributed by atoms with Gasteiger partial charge in [0, 0.05) is 0 Å². The van der Waals surface area contributed by atoms with Crippen molar-refractivity contribution in [3.8, 4) is 16.9 Å². The molecule has 0 saturated carbocycles. The Bertz CT molecular complexity index is 1180. The second-order valence-corrected chi connectivity index (χ2v) is 7.21. The van der Waals surface area contributed by atoms with Crippen LogP contribution < -0.4 is 4.74 Å². The van der Waals surface area contributed by atoms with Gasteiger partial charge < -0.3 is 0 Å². The number of hydrogen-bond donors (Lipinski definition) is 0. The van der Waals surface area contributed by atoms with E-state index in [2.05, 4.69) is 147 Å². The molecule has 0 heterocycles. The van der Waals surface area contributed by atoms with Gasteiger partial charge in [-0.3, -0.25) is 0 Å². The summed E-state index contributed by atoms with van der Waals surface area (Å²) in [6.07, 6.45) is 9.48. The summed E-state index contributed by atoms with van der Waals surface area (Å²) >= 11 is 5.77. The van der Waals surface area contributed by atoms with Gasteiger partial charge in [-0.1, -0.05) is 0 Å². The van der Waals surface area contributed by atoms with Crippen molar-refractivity contribution in [2.75, 3.05) is 21.3 Å². The summed E-state index contributed by atoms with van der Waals surface area (Å²) < 4.78 is 92.6. The van der Waals surface area contributed by atoms with Crippen LogP contribution in [0.4, 0.5) is 0 Å². The van der Waals surface area contributed by atoms with Gasteiger partial charge in [-0.25, -0.2) is 0 Å². The van der Waals surface area contributed by atoms with Gasteiger partial charge in [0.05, 0.1) is 0 Å². The summed E-state index contributed by atoms with van der Waals surface area (Å²) in [5.74, 6) is 0.909. The summed E-state index contributed by atoms with van der Waals surface area (Å²) in [6.45, 7) is 45.0. The van der Waals surface area contributed by atoms with Crippen molar-refractivity contribution in [2.24, 2.45) is 0 Å². The third-order valence-corrected chi connectivity index (χ3v) is 5.09. The molecular formula is C33H24Cr2O13. The standard InChI is InChI=1S/C23H24O3.10CO.2Cr/c1-24-15-9-7-13-20-17-22(19-11-5-4-6-12-19)18-21(23(20)26-3)14-8-10-16-25-2;10*1-2;;/h4-12,17-18H,13-14H2,1-3H3;;;;;;;;;;;;/b9-7+,10-8+;;;;;;;;;;;;. The molecule has 246 valence electrons. The predicted molar refractivity (Wildman–Crippen MR) is 147 cm³/mol. The van der Waals surface area contributed by atoms with Gasteiger partial charge in [-0.05, 0) is 0 Å². The van der Waals surface area contributed by atoms with E-state index < -0.39 is 0 Å². The number of allylic oxidation sites excluding steroid dienone is 2. The zero-order valence-corrected chi connectivity index (χ0v) is 27.9. The van der Waals surface area contributed by atoms with E-state index in [1.807, 2.05) is 18.2 Å². The second kappa shape index (κ2) is 69.5. The molecule has 0 bridgehead atoms. The Kier molecular flexibility index (Phi) is 96.0. The van der Waals surface area contributed by atoms with Gasteiger partial charge >= 0.3 is 297 Å². The van der Waals surface area contributed by atoms with E-state index in [0.717, 1.165) is 38.9 Å². The number of rotatable bonds is 10. The van der Waals surface area contributed by atoms with Crippen LogP contribution in [0.5, 0.6) is 5.75 Å². The molecule has 13 nitrogen and oxygen atoms in total. The Morgan fingerprint density at radius 3 is 1.06 bits per heavy atom. The zero-order valence-electron chi connectivity index (χ0n) is 25.4. The molecule has 15 heteroatoms. The van der Waals surface area contributed by atoms with Crippen LogP contribution in [0.15, 0.2) is 66.8 Å². The Labute approximate surface area is 296 Å². The summed E-state index contributed by atoms with van der Waals surface area (Å²) in [6, 6.07) is 14.8. The molecule has 0 N–H and O–H groups in total. The van der Waals surface area contributed by atoms with Crippen molar-refractivity contribution in [3.05, 3.63) is 144 Å². The number of benzene rings is 2.